The molecule has 0 heterocycles. The van der Waals surface area contributed by atoms with Crippen molar-refractivity contribution in [1.29, 1.82) is 0 Å². The Bertz CT molecular complexity index is 1920. The molecule has 0 aliphatic carbocycles. The Morgan fingerprint density at radius 1 is 0.286 bits per heavy atom. The topological polar surface area (TPSA) is 237 Å². The molecule has 0 saturated carbocycles. The number of carbonyl (C=O) groups excluding carboxylic acids is 4. The fraction of sp³-hybridized carbons (Fsp3) is 0.949. The van der Waals surface area contributed by atoms with Crippen molar-refractivity contribution in [2.75, 3.05) is 39.6 Å². The van der Waals surface area contributed by atoms with Gasteiger partial charge < -0.3 is 33.8 Å². The first-order valence-corrected chi connectivity index (χ1v) is 43.8. The normalized spacial score (nSPS) is 14.6. The van der Waals surface area contributed by atoms with E-state index in [1.54, 1.807) is 0 Å². The number of unbranched alkanes of at least 4 members (excludes halogenated alkanes) is 40. The monoisotopic (exact) mass is 1440 g/mol. The van der Waals surface area contributed by atoms with Gasteiger partial charge >= 0.3 is 39.5 Å². The molecule has 17 nitrogen and oxygen atoms in total. The summed E-state index contributed by atoms with van der Waals surface area (Å²) in [5.74, 6) is 0.993. The van der Waals surface area contributed by atoms with Crippen molar-refractivity contribution >= 4 is 39.5 Å². The van der Waals surface area contributed by atoms with E-state index in [4.69, 9.17) is 37.0 Å². The minimum Gasteiger partial charge on any atom is -0.462 e. The lowest BCUT2D eigenvalue weighted by atomic mass is 9.99. The molecule has 0 aromatic heterocycles. The second-order valence-electron chi connectivity index (χ2n) is 29.9. The molecule has 0 bridgehead atoms. The maximum atomic E-state index is 13.1. The van der Waals surface area contributed by atoms with E-state index in [2.05, 4.69) is 55.4 Å². The van der Waals surface area contributed by atoms with Crippen LogP contribution < -0.4 is 0 Å². The van der Waals surface area contributed by atoms with Crippen LogP contribution in [0.4, 0.5) is 0 Å². The molecule has 3 N–H and O–H groups in total. The van der Waals surface area contributed by atoms with E-state index in [-0.39, 0.29) is 25.7 Å². The molecule has 0 aliphatic rings. The summed E-state index contributed by atoms with van der Waals surface area (Å²) in [6.07, 6.45) is 54.2. The van der Waals surface area contributed by atoms with Gasteiger partial charge in [-0.25, -0.2) is 9.13 Å². The summed E-state index contributed by atoms with van der Waals surface area (Å²) >= 11 is 0. The van der Waals surface area contributed by atoms with Crippen molar-refractivity contribution in [3.63, 3.8) is 0 Å². The quantitative estimate of drug-likeness (QED) is 0.0222. The zero-order valence-corrected chi connectivity index (χ0v) is 66.2. The van der Waals surface area contributed by atoms with Crippen LogP contribution in [0.2, 0.25) is 0 Å². The number of aliphatic hydroxyl groups is 1. The van der Waals surface area contributed by atoms with Gasteiger partial charge in [-0.1, -0.05) is 351 Å². The molecule has 582 valence electrons. The van der Waals surface area contributed by atoms with Crippen LogP contribution in [0.15, 0.2) is 0 Å². The highest BCUT2D eigenvalue weighted by molar-refractivity contribution is 7.47. The van der Waals surface area contributed by atoms with Crippen LogP contribution in [-0.2, 0) is 65.4 Å². The van der Waals surface area contributed by atoms with Crippen molar-refractivity contribution in [3.8, 4) is 0 Å². The predicted octanol–water partition coefficient (Wildman–Crippen LogP) is 23.2. The Balaban J connectivity index is 5.21. The van der Waals surface area contributed by atoms with Crippen molar-refractivity contribution in [3.05, 3.63) is 0 Å². The maximum Gasteiger partial charge on any atom is 0.472 e. The molecule has 0 fully saturated rings. The molecular formula is C79H154O17P2. The van der Waals surface area contributed by atoms with Crippen molar-refractivity contribution < 1.29 is 80.2 Å². The smallest absolute Gasteiger partial charge is 0.462 e. The maximum absolute atomic E-state index is 13.1. The zero-order valence-electron chi connectivity index (χ0n) is 64.4. The van der Waals surface area contributed by atoms with Gasteiger partial charge in [-0.15, -0.1) is 0 Å². The predicted molar refractivity (Wildman–Crippen MR) is 400 cm³/mol. The SMILES string of the molecule is CCC(C)CCCCCCCCCCCCCCCCCCCCC(=O)O[C@H](COC(=O)CCCCCCCCCCCCC(C)C)COP(=O)(O)OC[C@@H](O)COP(=O)(O)OC[C@@H](COC(=O)CCCCCCCCC(C)CC)OC(=O)CCCCCCCCCCCCC(C)C. The second-order valence-corrected chi connectivity index (χ2v) is 32.8. The molecule has 4 unspecified atom stereocenters. The second kappa shape index (κ2) is 68.2. The average molecular weight is 1440 g/mol. The third-order valence-corrected chi connectivity index (χ3v) is 20.9. The van der Waals surface area contributed by atoms with E-state index >= 15 is 0 Å². The molecule has 0 aromatic rings. The van der Waals surface area contributed by atoms with E-state index in [9.17, 15) is 43.2 Å². The number of hydrogen-bond donors (Lipinski definition) is 3. The molecule has 0 rings (SSSR count). The summed E-state index contributed by atoms with van der Waals surface area (Å²) in [5.41, 5.74) is 0. The average Bonchev–Trinajstić information content (AvgIpc) is 0.960. The van der Waals surface area contributed by atoms with Gasteiger partial charge in [0.15, 0.2) is 12.2 Å². The fourth-order valence-corrected chi connectivity index (χ4v) is 13.6. The van der Waals surface area contributed by atoms with E-state index in [1.165, 1.54) is 199 Å². The summed E-state index contributed by atoms with van der Waals surface area (Å²) in [7, 11) is -9.92. The van der Waals surface area contributed by atoms with Gasteiger partial charge in [-0.3, -0.25) is 37.3 Å². The summed E-state index contributed by atoms with van der Waals surface area (Å²) in [5, 5.41) is 10.6. The standard InChI is InChI=1S/C79H154O17P2/c1-9-71(7)57-49-41-33-27-19-17-15-13-11-12-14-16-18-20-29-35-45-53-61-78(83)95-74(65-89-76(81)59-51-43-34-28-23-21-25-31-39-47-55-69(3)4)67-93-97(85,86)91-63-73(80)64-92-98(87,88)94-68-75(66-90-77(82)60-52-44-38-37-42-50-58-72(8)10-2)96-79(84)62-54-46-36-30-24-22-26-32-40-48-56-70(5)6/h69-75,80H,9-68H2,1-8H3,(H,85,86)(H,87,88)/t71?,72?,73-,74-,75-/m1/s1. The van der Waals surface area contributed by atoms with Gasteiger partial charge in [0, 0.05) is 25.7 Å². The van der Waals surface area contributed by atoms with E-state index in [1.807, 2.05) is 0 Å². The van der Waals surface area contributed by atoms with E-state index < -0.39 is 97.5 Å². The molecule has 0 saturated heterocycles. The Morgan fingerprint density at radius 2 is 0.490 bits per heavy atom. The number of phosphoric acid groups is 2. The fourth-order valence-electron chi connectivity index (χ4n) is 12.0. The largest absolute Gasteiger partial charge is 0.472 e. The van der Waals surface area contributed by atoms with Gasteiger partial charge in [-0.2, -0.15) is 0 Å². The summed E-state index contributed by atoms with van der Waals surface area (Å²) in [4.78, 5) is 72.9. The van der Waals surface area contributed by atoms with E-state index in [0.717, 1.165) is 120 Å². The van der Waals surface area contributed by atoms with E-state index in [0.29, 0.717) is 25.7 Å². The molecule has 0 spiro atoms. The lowest BCUT2D eigenvalue weighted by Gasteiger charge is -2.21. The summed E-state index contributed by atoms with van der Waals surface area (Å²) < 4.78 is 68.6. The minimum atomic E-state index is -4.96. The first-order valence-electron chi connectivity index (χ1n) is 40.8. The highest BCUT2D eigenvalue weighted by Gasteiger charge is 2.30. The first kappa shape index (κ1) is 96.1. The minimum absolute atomic E-state index is 0.105. The van der Waals surface area contributed by atoms with Gasteiger partial charge in [0.2, 0.25) is 0 Å². The van der Waals surface area contributed by atoms with Crippen LogP contribution in [0, 0.1) is 23.7 Å². The Labute approximate surface area is 600 Å². The van der Waals surface area contributed by atoms with Crippen molar-refractivity contribution in [2.45, 2.75) is 420 Å². The summed E-state index contributed by atoms with van der Waals surface area (Å²) in [6, 6.07) is 0. The van der Waals surface area contributed by atoms with Crippen LogP contribution in [0.25, 0.3) is 0 Å². The number of esters is 4. The van der Waals surface area contributed by atoms with Crippen LogP contribution in [0.1, 0.15) is 402 Å². The number of rotatable bonds is 76. The third kappa shape index (κ3) is 69.8. The highest BCUT2D eigenvalue weighted by Crippen LogP contribution is 2.45. The van der Waals surface area contributed by atoms with Gasteiger partial charge in [0.1, 0.15) is 19.3 Å². The number of carbonyl (C=O) groups is 4. The number of aliphatic hydroxyl groups excluding tert-OH is 1. The lowest BCUT2D eigenvalue weighted by molar-refractivity contribution is -0.161. The van der Waals surface area contributed by atoms with Gasteiger partial charge in [0.05, 0.1) is 26.4 Å². The van der Waals surface area contributed by atoms with Crippen molar-refractivity contribution in [1.82, 2.24) is 0 Å². The van der Waals surface area contributed by atoms with Crippen molar-refractivity contribution in [2.24, 2.45) is 23.7 Å². The van der Waals surface area contributed by atoms with Crippen LogP contribution in [-0.4, -0.2) is 96.7 Å². The molecular weight excluding hydrogens is 1280 g/mol. The lowest BCUT2D eigenvalue weighted by Crippen LogP contribution is -2.30. The van der Waals surface area contributed by atoms with Gasteiger partial charge in [0.25, 0.3) is 0 Å². The number of hydrogen-bond acceptors (Lipinski definition) is 15. The van der Waals surface area contributed by atoms with Crippen LogP contribution in [0.3, 0.4) is 0 Å². The molecule has 7 atom stereocenters. The molecule has 0 radical (unpaired) electrons. The molecule has 0 amide bonds. The van der Waals surface area contributed by atoms with Crippen LogP contribution >= 0.6 is 15.6 Å². The Kier molecular flexibility index (Phi) is 66.8. The Hall–Kier alpha value is -1.94. The molecule has 19 heteroatoms. The zero-order chi connectivity index (χ0) is 72.4. The molecule has 98 heavy (non-hydrogen) atoms. The number of phosphoric ester groups is 2. The van der Waals surface area contributed by atoms with Crippen LogP contribution in [0.5, 0.6) is 0 Å². The Morgan fingerprint density at radius 3 is 0.724 bits per heavy atom. The summed E-state index contributed by atoms with van der Waals surface area (Å²) in [6.45, 7) is 14.2. The van der Waals surface area contributed by atoms with Gasteiger partial charge in [-0.05, 0) is 49.4 Å². The third-order valence-electron chi connectivity index (χ3n) is 19.0. The first-order chi connectivity index (χ1) is 47.2. The molecule has 0 aliphatic heterocycles. The highest BCUT2D eigenvalue weighted by atomic mass is 31.2. The number of ether oxygens (including phenoxy) is 4. The molecule has 0 aromatic carbocycles.